The van der Waals surface area contributed by atoms with Crippen LogP contribution in [0.4, 0.5) is 0 Å². The molecule has 0 spiro atoms. The van der Waals surface area contributed by atoms with Gasteiger partial charge in [0, 0.05) is 17.1 Å². The van der Waals surface area contributed by atoms with Gasteiger partial charge in [-0.15, -0.1) is 0 Å². The molecule has 1 aromatic heterocycles. The largest absolute Gasteiger partial charge is 0.479 e. The molecule has 5 nitrogen and oxygen atoms in total. The van der Waals surface area contributed by atoms with Gasteiger partial charge in [0.25, 0.3) is 5.91 Å². The molecule has 1 amide bonds. The number of pyridine rings is 1. The third-order valence-electron chi connectivity index (χ3n) is 4.80. The molecule has 0 saturated heterocycles. The third-order valence-corrected chi connectivity index (χ3v) is 4.80. The number of benzene rings is 2. The van der Waals surface area contributed by atoms with Gasteiger partial charge in [0.15, 0.2) is 5.54 Å². The highest BCUT2D eigenvalue weighted by Crippen LogP contribution is 2.37. The zero-order chi connectivity index (χ0) is 17.4. The minimum Gasteiger partial charge on any atom is -0.479 e. The van der Waals surface area contributed by atoms with Crippen LogP contribution in [0, 0.1) is 0 Å². The Morgan fingerprint density at radius 1 is 1.08 bits per heavy atom. The first-order chi connectivity index (χ1) is 12.1. The lowest BCUT2D eigenvalue weighted by Crippen LogP contribution is -2.50. The number of hydrogen-bond acceptors (Lipinski definition) is 3. The Morgan fingerprint density at radius 2 is 1.92 bits per heavy atom. The Balaban J connectivity index is 1.71. The van der Waals surface area contributed by atoms with Crippen molar-refractivity contribution in [3.8, 4) is 0 Å². The SMILES string of the molecule is O=C(NC1(C(=O)O)CCc2ccccc21)c1ccc2ncccc2c1. The van der Waals surface area contributed by atoms with Crippen molar-refractivity contribution < 1.29 is 14.7 Å². The van der Waals surface area contributed by atoms with Crippen LogP contribution in [0.3, 0.4) is 0 Å². The van der Waals surface area contributed by atoms with E-state index in [0.29, 0.717) is 24.0 Å². The van der Waals surface area contributed by atoms with E-state index in [1.165, 1.54) is 0 Å². The molecule has 1 aliphatic carbocycles. The molecule has 0 saturated carbocycles. The van der Waals surface area contributed by atoms with E-state index in [9.17, 15) is 14.7 Å². The minimum atomic E-state index is -1.38. The van der Waals surface area contributed by atoms with E-state index in [0.717, 1.165) is 16.5 Å². The lowest BCUT2D eigenvalue weighted by atomic mass is 9.91. The van der Waals surface area contributed by atoms with E-state index in [2.05, 4.69) is 10.3 Å². The predicted molar refractivity (Wildman–Crippen MR) is 93.3 cm³/mol. The predicted octanol–water partition coefficient (Wildman–Crippen LogP) is 2.89. The number of hydrogen-bond donors (Lipinski definition) is 2. The second-order valence-corrected chi connectivity index (χ2v) is 6.23. The quantitative estimate of drug-likeness (QED) is 0.773. The minimum absolute atomic E-state index is 0.350. The molecule has 1 unspecified atom stereocenters. The normalized spacial score (nSPS) is 18.7. The topological polar surface area (TPSA) is 79.3 Å². The van der Waals surface area contributed by atoms with E-state index in [4.69, 9.17) is 0 Å². The maximum atomic E-state index is 12.8. The summed E-state index contributed by atoms with van der Waals surface area (Å²) in [5.41, 5.74) is 1.47. The van der Waals surface area contributed by atoms with Crippen molar-refractivity contribution in [3.05, 3.63) is 77.5 Å². The molecule has 0 fully saturated rings. The fourth-order valence-corrected chi connectivity index (χ4v) is 3.50. The number of carbonyl (C=O) groups is 2. The number of aliphatic carboxylic acids is 1. The van der Waals surface area contributed by atoms with Crippen LogP contribution in [0.15, 0.2) is 60.8 Å². The van der Waals surface area contributed by atoms with Crippen LogP contribution in [0.2, 0.25) is 0 Å². The Labute approximate surface area is 144 Å². The van der Waals surface area contributed by atoms with E-state index in [1.54, 1.807) is 42.6 Å². The van der Waals surface area contributed by atoms with Crippen LogP contribution in [0.25, 0.3) is 10.9 Å². The van der Waals surface area contributed by atoms with Crippen LogP contribution >= 0.6 is 0 Å². The van der Waals surface area contributed by atoms with Crippen molar-refractivity contribution >= 4 is 22.8 Å². The summed E-state index contributed by atoms with van der Waals surface area (Å²) >= 11 is 0. The molecule has 1 heterocycles. The van der Waals surface area contributed by atoms with Gasteiger partial charge in [-0.3, -0.25) is 9.78 Å². The standard InChI is InChI=1S/C20H16N2O3/c23-18(15-7-8-17-14(12-15)5-3-11-21-17)22-20(19(24)25)10-9-13-4-1-2-6-16(13)20/h1-8,11-12H,9-10H2,(H,22,23)(H,24,25). The highest BCUT2D eigenvalue weighted by Gasteiger charge is 2.46. The average Bonchev–Trinajstić information content (AvgIpc) is 3.01. The zero-order valence-corrected chi connectivity index (χ0v) is 13.4. The van der Waals surface area contributed by atoms with Gasteiger partial charge < -0.3 is 10.4 Å². The molecule has 25 heavy (non-hydrogen) atoms. The number of carboxylic acid groups (broad SMARTS) is 1. The van der Waals surface area contributed by atoms with Crippen molar-refractivity contribution in [1.29, 1.82) is 0 Å². The summed E-state index contributed by atoms with van der Waals surface area (Å²) in [6.07, 6.45) is 2.67. The summed E-state index contributed by atoms with van der Waals surface area (Å²) in [5, 5.41) is 13.5. The van der Waals surface area contributed by atoms with Gasteiger partial charge in [0.1, 0.15) is 0 Å². The van der Waals surface area contributed by atoms with Crippen molar-refractivity contribution in [2.45, 2.75) is 18.4 Å². The van der Waals surface area contributed by atoms with Gasteiger partial charge in [-0.25, -0.2) is 4.79 Å². The summed E-state index contributed by atoms with van der Waals surface area (Å²) in [5.74, 6) is -1.43. The molecule has 0 bridgehead atoms. The monoisotopic (exact) mass is 332 g/mol. The van der Waals surface area contributed by atoms with Gasteiger partial charge in [0.2, 0.25) is 0 Å². The molecule has 1 atom stereocenters. The van der Waals surface area contributed by atoms with Crippen LogP contribution in [0.1, 0.15) is 27.9 Å². The van der Waals surface area contributed by atoms with Crippen molar-refractivity contribution in [2.75, 3.05) is 0 Å². The molecule has 2 aromatic carbocycles. The lowest BCUT2D eigenvalue weighted by Gasteiger charge is -2.27. The second kappa shape index (κ2) is 5.70. The molecular formula is C20H16N2O3. The van der Waals surface area contributed by atoms with Gasteiger partial charge in [0.05, 0.1) is 5.52 Å². The Bertz CT molecular complexity index is 999. The number of aryl methyl sites for hydroxylation is 1. The van der Waals surface area contributed by atoms with Crippen molar-refractivity contribution in [2.24, 2.45) is 0 Å². The summed E-state index contributed by atoms with van der Waals surface area (Å²) in [6.45, 7) is 0. The number of rotatable bonds is 3. The molecule has 1 aliphatic rings. The van der Waals surface area contributed by atoms with Crippen molar-refractivity contribution in [1.82, 2.24) is 10.3 Å². The highest BCUT2D eigenvalue weighted by atomic mass is 16.4. The van der Waals surface area contributed by atoms with E-state index in [1.807, 2.05) is 18.2 Å². The van der Waals surface area contributed by atoms with Crippen LogP contribution in [-0.4, -0.2) is 22.0 Å². The number of amides is 1. The zero-order valence-electron chi connectivity index (χ0n) is 13.4. The number of fused-ring (bicyclic) bond motifs is 2. The van der Waals surface area contributed by atoms with Gasteiger partial charge >= 0.3 is 5.97 Å². The third kappa shape index (κ3) is 2.45. The number of nitrogens with zero attached hydrogens (tertiary/aromatic N) is 1. The molecule has 4 rings (SSSR count). The highest BCUT2D eigenvalue weighted by molar-refractivity contribution is 6.01. The summed E-state index contributed by atoms with van der Waals surface area (Å²) in [4.78, 5) is 29.0. The summed E-state index contributed by atoms with van der Waals surface area (Å²) < 4.78 is 0. The Hall–Kier alpha value is -3.21. The molecule has 0 radical (unpaired) electrons. The van der Waals surface area contributed by atoms with Crippen molar-refractivity contribution in [3.63, 3.8) is 0 Å². The van der Waals surface area contributed by atoms with Crippen LogP contribution in [-0.2, 0) is 16.8 Å². The smallest absolute Gasteiger partial charge is 0.334 e. The maximum Gasteiger partial charge on any atom is 0.334 e. The first-order valence-corrected chi connectivity index (χ1v) is 8.09. The van der Waals surface area contributed by atoms with Gasteiger partial charge in [-0.05, 0) is 48.2 Å². The van der Waals surface area contributed by atoms with Crippen LogP contribution in [0.5, 0.6) is 0 Å². The summed E-state index contributed by atoms with van der Waals surface area (Å²) in [7, 11) is 0. The Kier molecular flexibility index (Phi) is 3.50. The number of nitrogens with one attached hydrogen (secondary N) is 1. The average molecular weight is 332 g/mol. The molecule has 124 valence electrons. The fourth-order valence-electron chi connectivity index (χ4n) is 3.50. The second-order valence-electron chi connectivity index (χ2n) is 6.23. The maximum absolute atomic E-state index is 12.8. The van der Waals surface area contributed by atoms with Gasteiger partial charge in [-0.2, -0.15) is 0 Å². The molecule has 3 aromatic rings. The first-order valence-electron chi connectivity index (χ1n) is 8.09. The number of carboxylic acids is 1. The molecular weight excluding hydrogens is 316 g/mol. The van der Waals surface area contributed by atoms with Gasteiger partial charge in [-0.1, -0.05) is 30.3 Å². The first kappa shape index (κ1) is 15.3. The number of aromatic nitrogens is 1. The number of carbonyl (C=O) groups excluding carboxylic acids is 1. The molecule has 0 aliphatic heterocycles. The van der Waals surface area contributed by atoms with E-state index in [-0.39, 0.29) is 0 Å². The lowest BCUT2D eigenvalue weighted by molar-refractivity contribution is -0.144. The molecule has 5 heteroatoms. The molecule has 2 N–H and O–H groups in total. The van der Waals surface area contributed by atoms with Crippen LogP contribution < -0.4 is 5.32 Å². The fraction of sp³-hybridized carbons (Fsp3) is 0.150. The summed E-state index contributed by atoms with van der Waals surface area (Å²) in [6, 6.07) is 16.2. The van der Waals surface area contributed by atoms with E-state index >= 15 is 0 Å². The Morgan fingerprint density at radius 3 is 2.76 bits per heavy atom. The van der Waals surface area contributed by atoms with E-state index < -0.39 is 17.4 Å².